The van der Waals surface area contributed by atoms with Gasteiger partial charge in [0.2, 0.25) is 0 Å². The van der Waals surface area contributed by atoms with Crippen LogP contribution in [0.15, 0.2) is 18.2 Å². The predicted octanol–water partition coefficient (Wildman–Crippen LogP) is 5.68. The highest BCUT2D eigenvalue weighted by atomic mass is 35.5. The van der Waals surface area contributed by atoms with Gasteiger partial charge >= 0.3 is 6.03 Å². The van der Waals surface area contributed by atoms with E-state index in [9.17, 15) is 4.79 Å². The Bertz CT molecular complexity index is 542. The number of nitrogens with zero attached hydrogens (tertiary/aromatic N) is 2. The quantitative estimate of drug-likeness (QED) is 0.497. The molecule has 1 aliphatic rings. The van der Waals surface area contributed by atoms with E-state index in [1.807, 2.05) is 0 Å². The second kappa shape index (κ2) is 8.00. The molecule has 1 fully saturated rings. The lowest BCUT2D eigenvalue weighted by molar-refractivity contribution is 0.228. The fourth-order valence-corrected chi connectivity index (χ4v) is 4.33. The van der Waals surface area contributed by atoms with Crippen molar-refractivity contribution in [3.8, 4) is 0 Å². The summed E-state index contributed by atoms with van der Waals surface area (Å²) in [5, 5.41) is 1.20. The van der Waals surface area contributed by atoms with Gasteiger partial charge in [-0.1, -0.05) is 36.0 Å². The van der Waals surface area contributed by atoms with Crippen LogP contribution in [0.25, 0.3) is 0 Å². The molecule has 0 bridgehead atoms. The van der Waals surface area contributed by atoms with Gasteiger partial charge in [0.1, 0.15) is 0 Å². The van der Waals surface area contributed by atoms with Gasteiger partial charge in [0.15, 0.2) is 0 Å². The molecular weight excluding hydrogens is 363 g/mol. The molecule has 0 saturated heterocycles. The number of carbonyl (C=O) groups is 1. The number of hydrogen-bond acceptors (Lipinski definition) is 2. The summed E-state index contributed by atoms with van der Waals surface area (Å²) in [7, 11) is 3.46. The first-order valence-corrected chi connectivity index (χ1v) is 9.20. The minimum Gasteiger partial charge on any atom is -0.330 e. The summed E-state index contributed by atoms with van der Waals surface area (Å²) in [4.78, 5) is 14.1. The maximum absolute atomic E-state index is 12.5. The van der Waals surface area contributed by atoms with Gasteiger partial charge in [0, 0.05) is 24.7 Å². The van der Waals surface area contributed by atoms with Gasteiger partial charge in [-0.15, -0.1) is 11.6 Å². The SMILES string of the molecule is CN(C)C(=O)N(SC1CCCCC1Cl)c1ccc(Cl)c(Cl)c1. The predicted molar refractivity (Wildman–Crippen MR) is 97.5 cm³/mol. The zero-order valence-electron chi connectivity index (χ0n) is 12.6. The molecule has 122 valence electrons. The number of benzene rings is 1. The highest BCUT2D eigenvalue weighted by Gasteiger charge is 2.30. The van der Waals surface area contributed by atoms with Gasteiger partial charge in [0.05, 0.1) is 15.7 Å². The van der Waals surface area contributed by atoms with Crippen LogP contribution in [0.4, 0.5) is 10.5 Å². The summed E-state index contributed by atoms with van der Waals surface area (Å²) in [5.41, 5.74) is 0.715. The Morgan fingerprint density at radius 2 is 1.86 bits per heavy atom. The topological polar surface area (TPSA) is 23.6 Å². The maximum atomic E-state index is 12.5. The monoisotopic (exact) mass is 380 g/mol. The Balaban J connectivity index is 2.25. The molecule has 1 aromatic rings. The van der Waals surface area contributed by atoms with Crippen LogP contribution in [0.2, 0.25) is 10.0 Å². The smallest absolute Gasteiger partial charge is 0.330 e. The first-order chi connectivity index (χ1) is 10.4. The number of halogens is 3. The Morgan fingerprint density at radius 1 is 1.18 bits per heavy atom. The molecule has 1 aromatic carbocycles. The highest BCUT2D eigenvalue weighted by molar-refractivity contribution is 8.02. The van der Waals surface area contributed by atoms with E-state index in [0.717, 1.165) is 25.7 Å². The van der Waals surface area contributed by atoms with Crippen molar-refractivity contribution in [2.45, 2.75) is 36.3 Å². The van der Waals surface area contributed by atoms with E-state index in [2.05, 4.69) is 0 Å². The van der Waals surface area contributed by atoms with E-state index < -0.39 is 0 Å². The minimum absolute atomic E-state index is 0.0824. The number of anilines is 1. The fraction of sp³-hybridized carbons (Fsp3) is 0.533. The number of carbonyl (C=O) groups excluding carboxylic acids is 1. The van der Waals surface area contributed by atoms with Gasteiger partial charge in [-0.25, -0.2) is 9.10 Å². The van der Waals surface area contributed by atoms with Crippen molar-refractivity contribution in [3.63, 3.8) is 0 Å². The molecule has 2 atom stereocenters. The van der Waals surface area contributed by atoms with Crippen LogP contribution in [0, 0.1) is 0 Å². The zero-order valence-corrected chi connectivity index (χ0v) is 15.6. The summed E-state index contributed by atoms with van der Waals surface area (Å²) in [6.45, 7) is 0. The standard InChI is InChI=1S/C15H19Cl3N2OS/c1-19(2)15(21)20(10-7-8-11(16)13(18)9-10)22-14-6-4-3-5-12(14)17/h7-9,12,14H,3-6H2,1-2H3. The summed E-state index contributed by atoms with van der Waals surface area (Å²) in [6, 6.07) is 5.10. The third-order valence-electron chi connectivity index (χ3n) is 3.56. The minimum atomic E-state index is -0.113. The van der Waals surface area contributed by atoms with Crippen molar-refractivity contribution in [1.82, 2.24) is 4.90 Å². The van der Waals surface area contributed by atoms with Crippen molar-refractivity contribution < 1.29 is 4.79 Å². The van der Waals surface area contributed by atoms with E-state index in [-0.39, 0.29) is 16.7 Å². The van der Waals surface area contributed by atoms with Gasteiger partial charge in [-0.3, -0.25) is 0 Å². The van der Waals surface area contributed by atoms with E-state index >= 15 is 0 Å². The van der Waals surface area contributed by atoms with Gasteiger partial charge in [0.25, 0.3) is 0 Å². The number of alkyl halides is 1. The van der Waals surface area contributed by atoms with Crippen molar-refractivity contribution in [2.24, 2.45) is 0 Å². The Kier molecular flexibility index (Phi) is 6.57. The first kappa shape index (κ1) is 18.1. The molecule has 0 heterocycles. The second-order valence-electron chi connectivity index (χ2n) is 5.51. The van der Waals surface area contributed by atoms with Crippen molar-refractivity contribution in [2.75, 3.05) is 18.4 Å². The zero-order chi connectivity index (χ0) is 16.3. The van der Waals surface area contributed by atoms with Crippen LogP contribution >= 0.6 is 46.8 Å². The molecule has 2 amide bonds. The number of amides is 2. The molecule has 2 rings (SSSR count). The number of urea groups is 1. The number of rotatable bonds is 3. The normalized spacial score (nSPS) is 21.5. The van der Waals surface area contributed by atoms with Crippen LogP contribution in [-0.4, -0.2) is 35.7 Å². The second-order valence-corrected chi connectivity index (χ2v) is 8.07. The van der Waals surface area contributed by atoms with Crippen LogP contribution in [0.5, 0.6) is 0 Å². The number of hydrogen-bond donors (Lipinski definition) is 0. The third kappa shape index (κ3) is 4.38. The van der Waals surface area contributed by atoms with Crippen molar-refractivity contribution in [1.29, 1.82) is 0 Å². The molecule has 0 aliphatic heterocycles. The molecule has 7 heteroatoms. The van der Waals surface area contributed by atoms with E-state index in [4.69, 9.17) is 34.8 Å². The highest BCUT2D eigenvalue weighted by Crippen LogP contribution is 2.38. The van der Waals surface area contributed by atoms with Gasteiger partial charge in [-0.05, 0) is 43.0 Å². The van der Waals surface area contributed by atoms with E-state index in [0.29, 0.717) is 15.7 Å². The average Bonchev–Trinajstić information content (AvgIpc) is 2.48. The molecule has 0 radical (unpaired) electrons. The molecule has 0 spiro atoms. The third-order valence-corrected chi connectivity index (χ3v) is 6.38. The van der Waals surface area contributed by atoms with Crippen LogP contribution in [-0.2, 0) is 0 Å². The summed E-state index contributed by atoms with van der Waals surface area (Å²) in [5.74, 6) is 0. The van der Waals surface area contributed by atoms with Gasteiger partial charge < -0.3 is 4.90 Å². The summed E-state index contributed by atoms with van der Waals surface area (Å²) >= 11 is 20.0. The maximum Gasteiger partial charge on any atom is 0.334 e. The van der Waals surface area contributed by atoms with Gasteiger partial charge in [-0.2, -0.15) is 0 Å². The van der Waals surface area contributed by atoms with Crippen LogP contribution in [0.1, 0.15) is 25.7 Å². The summed E-state index contributed by atoms with van der Waals surface area (Å²) in [6.07, 6.45) is 4.30. The molecule has 1 aliphatic carbocycles. The molecule has 3 nitrogen and oxygen atoms in total. The van der Waals surface area contributed by atoms with E-state index in [1.165, 1.54) is 11.9 Å². The fourth-order valence-electron chi connectivity index (χ4n) is 2.32. The van der Waals surface area contributed by atoms with Crippen molar-refractivity contribution >= 4 is 58.5 Å². The molecule has 0 aromatic heterocycles. The lowest BCUT2D eigenvalue weighted by Gasteiger charge is -2.33. The summed E-state index contributed by atoms with van der Waals surface area (Å²) < 4.78 is 1.66. The first-order valence-electron chi connectivity index (χ1n) is 7.17. The Morgan fingerprint density at radius 3 is 2.45 bits per heavy atom. The Hall–Kier alpha value is -0.290. The largest absolute Gasteiger partial charge is 0.334 e. The molecule has 0 N–H and O–H groups in total. The molecular formula is C15H19Cl3N2OS. The molecule has 22 heavy (non-hydrogen) atoms. The lowest BCUT2D eigenvalue weighted by atomic mass is 10.00. The Labute approximate surface area is 151 Å². The van der Waals surface area contributed by atoms with Crippen molar-refractivity contribution in [3.05, 3.63) is 28.2 Å². The molecule has 2 unspecified atom stereocenters. The van der Waals surface area contributed by atoms with Crippen LogP contribution < -0.4 is 4.31 Å². The lowest BCUT2D eigenvalue weighted by Crippen LogP contribution is -2.38. The van der Waals surface area contributed by atoms with E-state index in [1.54, 1.807) is 41.5 Å². The average molecular weight is 382 g/mol. The van der Waals surface area contributed by atoms with Crippen LogP contribution in [0.3, 0.4) is 0 Å². The molecule has 1 saturated carbocycles.